The first-order chi connectivity index (χ1) is 7.74. The van der Waals surface area contributed by atoms with Gasteiger partial charge in [-0.2, -0.15) is 0 Å². The molecule has 8 heteroatoms. The number of unbranched alkanes of at least 4 members (excludes halogenated alkanes) is 1. The molecule has 0 aliphatic heterocycles. The second-order valence-corrected chi connectivity index (χ2v) is 3.07. The van der Waals surface area contributed by atoms with Crippen LogP contribution in [0.25, 0.3) is 10.4 Å². The molecule has 0 spiro atoms. The van der Waals surface area contributed by atoms with Crippen LogP contribution in [0.3, 0.4) is 0 Å². The van der Waals surface area contributed by atoms with E-state index in [0.717, 1.165) is 6.42 Å². The van der Waals surface area contributed by atoms with Gasteiger partial charge in [0.25, 0.3) is 5.91 Å². The molecule has 0 radical (unpaired) electrons. The van der Waals surface area contributed by atoms with Crippen LogP contribution in [0, 0.1) is 0 Å². The lowest BCUT2D eigenvalue weighted by Crippen LogP contribution is -2.25. The van der Waals surface area contributed by atoms with Crippen LogP contribution < -0.4 is 11.0 Å². The quantitative estimate of drug-likeness (QED) is 0.282. The zero-order chi connectivity index (χ0) is 11.8. The fourth-order valence-corrected chi connectivity index (χ4v) is 1.10. The molecule has 1 heterocycles. The number of carbonyl (C=O) groups is 1. The predicted octanol–water partition coefficient (Wildman–Crippen LogP) is 0.523. The highest BCUT2D eigenvalue weighted by Crippen LogP contribution is 1.91. The highest BCUT2D eigenvalue weighted by Gasteiger charge is 2.05. The number of carbonyl (C=O) groups excluding carboxylic acids is 1. The average molecular weight is 224 g/mol. The molecular formula is C8H12N6O2. The maximum Gasteiger partial charge on any atom is 0.323 e. The van der Waals surface area contributed by atoms with E-state index in [1.807, 2.05) is 0 Å². The van der Waals surface area contributed by atoms with E-state index in [9.17, 15) is 9.59 Å². The fourth-order valence-electron chi connectivity index (χ4n) is 1.10. The van der Waals surface area contributed by atoms with Crippen molar-refractivity contribution in [2.24, 2.45) is 5.11 Å². The SMILES string of the molecule is [N-]=[N+]=NCCCCNC(=O)c1c[nH]c(=O)[nH]1. The van der Waals surface area contributed by atoms with Gasteiger partial charge in [0.05, 0.1) is 0 Å². The number of rotatable bonds is 6. The molecule has 1 aromatic rings. The number of amides is 1. The minimum atomic E-state index is -0.409. The van der Waals surface area contributed by atoms with Crippen LogP contribution in [-0.2, 0) is 0 Å². The Morgan fingerprint density at radius 3 is 3.00 bits per heavy atom. The van der Waals surface area contributed by atoms with Crippen LogP contribution in [0.4, 0.5) is 0 Å². The summed E-state index contributed by atoms with van der Waals surface area (Å²) in [5.41, 5.74) is 7.81. The lowest BCUT2D eigenvalue weighted by atomic mass is 10.3. The third-order valence-corrected chi connectivity index (χ3v) is 1.87. The summed E-state index contributed by atoms with van der Waals surface area (Å²) in [7, 11) is 0. The van der Waals surface area contributed by atoms with Crippen molar-refractivity contribution in [1.29, 1.82) is 0 Å². The van der Waals surface area contributed by atoms with Gasteiger partial charge in [-0.05, 0) is 18.4 Å². The molecule has 0 saturated heterocycles. The molecule has 86 valence electrons. The van der Waals surface area contributed by atoms with E-state index in [-0.39, 0.29) is 11.6 Å². The van der Waals surface area contributed by atoms with E-state index in [0.29, 0.717) is 19.5 Å². The lowest BCUT2D eigenvalue weighted by Gasteiger charge is -2.01. The number of nitrogens with one attached hydrogen (secondary N) is 3. The van der Waals surface area contributed by atoms with Gasteiger partial charge < -0.3 is 15.3 Å². The summed E-state index contributed by atoms with van der Waals surface area (Å²) in [6.45, 7) is 0.903. The van der Waals surface area contributed by atoms with Gasteiger partial charge in [-0.1, -0.05) is 5.11 Å². The number of azide groups is 1. The molecule has 0 aromatic carbocycles. The van der Waals surface area contributed by atoms with Gasteiger partial charge in [0, 0.05) is 24.2 Å². The maximum atomic E-state index is 11.4. The summed E-state index contributed by atoms with van der Waals surface area (Å²) >= 11 is 0. The van der Waals surface area contributed by atoms with Gasteiger partial charge in [-0.25, -0.2) is 4.79 Å². The molecule has 0 saturated carbocycles. The van der Waals surface area contributed by atoms with E-state index in [1.165, 1.54) is 6.20 Å². The Hall–Kier alpha value is -2.21. The molecule has 0 fully saturated rings. The Bertz CT molecular complexity index is 441. The number of imidazole rings is 1. The van der Waals surface area contributed by atoms with Gasteiger partial charge in [0.1, 0.15) is 5.69 Å². The Balaban J connectivity index is 2.21. The third kappa shape index (κ3) is 3.89. The number of aromatic nitrogens is 2. The molecule has 16 heavy (non-hydrogen) atoms. The third-order valence-electron chi connectivity index (χ3n) is 1.87. The molecular weight excluding hydrogens is 212 g/mol. The van der Waals surface area contributed by atoms with Gasteiger partial charge in [-0.3, -0.25) is 4.79 Å². The van der Waals surface area contributed by atoms with Crippen LogP contribution in [0.1, 0.15) is 23.3 Å². The summed E-state index contributed by atoms with van der Waals surface area (Å²) in [6, 6.07) is 0. The molecule has 3 N–H and O–H groups in total. The minimum absolute atomic E-state index is 0.208. The smallest absolute Gasteiger partial charge is 0.323 e. The van der Waals surface area contributed by atoms with Crippen molar-refractivity contribution in [2.45, 2.75) is 12.8 Å². The molecule has 0 atom stereocenters. The predicted molar refractivity (Wildman–Crippen MR) is 57.0 cm³/mol. The summed E-state index contributed by atoms with van der Waals surface area (Å²) in [4.78, 5) is 29.4. The standard InChI is InChI=1S/C8H12N6O2/c9-14-12-4-2-1-3-10-7(15)6-5-11-8(16)13-6/h5H,1-4H2,(H,10,15)(H2,11,13,16). The molecule has 1 aromatic heterocycles. The van der Waals surface area contributed by atoms with Crippen LogP contribution in [0.15, 0.2) is 16.1 Å². The fraction of sp³-hybridized carbons (Fsp3) is 0.500. The zero-order valence-electron chi connectivity index (χ0n) is 8.56. The molecule has 0 unspecified atom stereocenters. The van der Waals surface area contributed by atoms with Crippen LogP contribution in [0.2, 0.25) is 0 Å². The summed E-state index contributed by atoms with van der Waals surface area (Å²) in [5.74, 6) is -0.331. The normalized spacial score (nSPS) is 9.50. The largest absolute Gasteiger partial charge is 0.351 e. The number of aromatic amines is 2. The van der Waals surface area contributed by atoms with Gasteiger partial charge in [0.2, 0.25) is 0 Å². The van der Waals surface area contributed by atoms with E-state index >= 15 is 0 Å². The number of H-pyrrole nitrogens is 2. The van der Waals surface area contributed by atoms with Crippen LogP contribution in [0.5, 0.6) is 0 Å². The highest BCUT2D eigenvalue weighted by atomic mass is 16.2. The van der Waals surface area contributed by atoms with Gasteiger partial charge >= 0.3 is 5.69 Å². The summed E-state index contributed by atoms with van der Waals surface area (Å²) < 4.78 is 0. The topological polar surface area (TPSA) is 127 Å². The van der Waals surface area contributed by atoms with Crippen molar-refractivity contribution in [1.82, 2.24) is 15.3 Å². The lowest BCUT2D eigenvalue weighted by molar-refractivity contribution is 0.0948. The molecule has 1 amide bonds. The van der Waals surface area contributed by atoms with Crippen molar-refractivity contribution in [3.63, 3.8) is 0 Å². The molecule has 8 nitrogen and oxygen atoms in total. The highest BCUT2D eigenvalue weighted by molar-refractivity contribution is 5.91. The molecule has 0 aliphatic carbocycles. The Labute approximate surface area is 90.7 Å². The van der Waals surface area contributed by atoms with Crippen molar-refractivity contribution < 1.29 is 4.79 Å². The van der Waals surface area contributed by atoms with Crippen molar-refractivity contribution in [3.05, 3.63) is 32.8 Å². The average Bonchev–Trinajstić information content (AvgIpc) is 2.70. The summed E-state index contributed by atoms with van der Waals surface area (Å²) in [5, 5.41) is 5.99. The number of hydrogen-bond donors (Lipinski definition) is 3. The van der Waals surface area contributed by atoms with Gasteiger partial charge in [0.15, 0.2) is 0 Å². The molecule has 0 bridgehead atoms. The van der Waals surface area contributed by atoms with Crippen molar-refractivity contribution >= 4 is 5.91 Å². The maximum absolute atomic E-state index is 11.4. The zero-order valence-corrected chi connectivity index (χ0v) is 8.56. The second kappa shape index (κ2) is 6.31. The molecule has 0 aliphatic rings. The minimum Gasteiger partial charge on any atom is -0.351 e. The van der Waals surface area contributed by atoms with Crippen LogP contribution >= 0.6 is 0 Å². The number of hydrogen-bond acceptors (Lipinski definition) is 3. The first kappa shape index (κ1) is 11.9. The van der Waals surface area contributed by atoms with E-state index in [1.54, 1.807) is 0 Å². The van der Waals surface area contributed by atoms with Gasteiger partial charge in [-0.15, -0.1) is 0 Å². The Kier molecular flexibility index (Phi) is 4.68. The van der Waals surface area contributed by atoms with E-state index < -0.39 is 5.69 Å². The van der Waals surface area contributed by atoms with Crippen molar-refractivity contribution in [2.75, 3.05) is 13.1 Å². The second-order valence-electron chi connectivity index (χ2n) is 3.07. The first-order valence-electron chi connectivity index (χ1n) is 4.81. The van der Waals surface area contributed by atoms with Crippen LogP contribution in [-0.4, -0.2) is 29.0 Å². The van der Waals surface area contributed by atoms with Crippen molar-refractivity contribution in [3.8, 4) is 0 Å². The Morgan fingerprint density at radius 1 is 1.56 bits per heavy atom. The van der Waals surface area contributed by atoms with E-state index in [2.05, 4.69) is 25.3 Å². The summed E-state index contributed by atoms with van der Waals surface area (Å²) in [6.07, 6.45) is 2.76. The molecule has 1 rings (SSSR count). The monoisotopic (exact) mass is 224 g/mol. The van der Waals surface area contributed by atoms with E-state index in [4.69, 9.17) is 5.53 Å². The number of nitrogens with zero attached hydrogens (tertiary/aromatic N) is 3. The Morgan fingerprint density at radius 2 is 2.38 bits per heavy atom. The first-order valence-corrected chi connectivity index (χ1v) is 4.81.